The second kappa shape index (κ2) is 8.00. The maximum Gasteiger partial charge on any atom is 0.356 e. The van der Waals surface area contributed by atoms with Crippen molar-refractivity contribution in [2.45, 2.75) is 25.9 Å². The van der Waals surface area contributed by atoms with Gasteiger partial charge in [-0.3, -0.25) is 14.7 Å². The number of aryl methyl sites for hydroxylation is 1. The zero-order valence-electron chi connectivity index (χ0n) is 16.4. The van der Waals surface area contributed by atoms with Crippen molar-refractivity contribution in [2.24, 2.45) is 0 Å². The van der Waals surface area contributed by atoms with Crippen LogP contribution in [0.4, 0.5) is 5.69 Å². The van der Waals surface area contributed by atoms with E-state index in [0.717, 1.165) is 47.5 Å². The van der Waals surface area contributed by atoms with Gasteiger partial charge in [-0.15, -0.1) is 0 Å². The lowest BCUT2D eigenvalue weighted by molar-refractivity contribution is 0.0594. The van der Waals surface area contributed by atoms with Crippen molar-refractivity contribution >= 4 is 22.7 Å². The molecular formula is C21H23N5O3. The number of fused-ring (bicyclic) bond motifs is 1. The standard InChI is InChI=1S/C21H23N5O3/c1-3-14-7-18-19(25-20(14)27)6-13(8-22-18)10-26-11-16(12-26)24-15-4-5-17(23-9-15)21(28)29-2/h4-9,16,24H,3,10-12H2,1-2H3,(H,25,27). The maximum atomic E-state index is 12.0. The number of anilines is 1. The summed E-state index contributed by atoms with van der Waals surface area (Å²) in [5, 5.41) is 3.41. The molecule has 0 amide bonds. The molecule has 0 spiro atoms. The first kappa shape index (κ1) is 19.1. The van der Waals surface area contributed by atoms with E-state index in [1.54, 1.807) is 12.3 Å². The lowest BCUT2D eigenvalue weighted by Crippen LogP contribution is -2.54. The minimum absolute atomic E-state index is 0.0426. The molecule has 8 nitrogen and oxygen atoms in total. The van der Waals surface area contributed by atoms with E-state index in [1.165, 1.54) is 7.11 Å². The van der Waals surface area contributed by atoms with Crippen molar-refractivity contribution in [2.75, 3.05) is 25.5 Å². The molecule has 1 fully saturated rings. The minimum Gasteiger partial charge on any atom is -0.464 e. The molecule has 3 aromatic heterocycles. The number of ether oxygens (including phenoxy) is 1. The van der Waals surface area contributed by atoms with Gasteiger partial charge in [0.15, 0.2) is 0 Å². The summed E-state index contributed by atoms with van der Waals surface area (Å²) in [4.78, 5) is 37.3. The van der Waals surface area contributed by atoms with Gasteiger partial charge in [0.25, 0.3) is 5.56 Å². The van der Waals surface area contributed by atoms with Gasteiger partial charge in [-0.05, 0) is 36.2 Å². The van der Waals surface area contributed by atoms with E-state index in [-0.39, 0.29) is 5.56 Å². The smallest absolute Gasteiger partial charge is 0.356 e. The number of hydrogen-bond donors (Lipinski definition) is 2. The third-order valence-corrected chi connectivity index (χ3v) is 5.10. The molecule has 3 aromatic rings. The van der Waals surface area contributed by atoms with E-state index < -0.39 is 5.97 Å². The number of hydrogen-bond acceptors (Lipinski definition) is 7. The molecule has 1 saturated heterocycles. The van der Waals surface area contributed by atoms with Gasteiger partial charge >= 0.3 is 5.97 Å². The monoisotopic (exact) mass is 393 g/mol. The maximum absolute atomic E-state index is 12.0. The van der Waals surface area contributed by atoms with Gasteiger partial charge in [-0.2, -0.15) is 0 Å². The Hall–Kier alpha value is -3.26. The molecule has 0 aliphatic carbocycles. The number of carbonyl (C=O) groups excluding carboxylic acids is 1. The van der Waals surface area contributed by atoms with Crippen LogP contribution in [0.2, 0.25) is 0 Å². The molecule has 2 N–H and O–H groups in total. The Bertz CT molecular complexity index is 1090. The number of nitrogens with zero attached hydrogens (tertiary/aromatic N) is 3. The third-order valence-electron chi connectivity index (χ3n) is 5.10. The van der Waals surface area contributed by atoms with Gasteiger partial charge in [-0.1, -0.05) is 6.92 Å². The highest BCUT2D eigenvalue weighted by atomic mass is 16.5. The molecule has 0 atom stereocenters. The first-order chi connectivity index (χ1) is 14.1. The number of methoxy groups -OCH3 is 1. The highest BCUT2D eigenvalue weighted by Crippen LogP contribution is 2.19. The van der Waals surface area contributed by atoms with Crippen LogP contribution in [-0.4, -0.2) is 52.1 Å². The van der Waals surface area contributed by atoms with Crippen LogP contribution < -0.4 is 10.9 Å². The van der Waals surface area contributed by atoms with Gasteiger partial charge in [0, 0.05) is 31.4 Å². The Balaban J connectivity index is 1.33. The predicted octanol–water partition coefficient (Wildman–Crippen LogP) is 1.96. The molecule has 0 radical (unpaired) electrons. The molecule has 8 heteroatoms. The van der Waals surface area contributed by atoms with E-state index >= 15 is 0 Å². The van der Waals surface area contributed by atoms with Crippen LogP contribution in [0.25, 0.3) is 11.0 Å². The number of carbonyl (C=O) groups is 1. The number of H-pyrrole nitrogens is 1. The fraction of sp³-hybridized carbons (Fsp3) is 0.333. The number of rotatable bonds is 6. The van der Waals surface area contributed by atoms with Gasteiger partial charge in [0.1, 0.15) is 5.69 Å². The third kappa shape index (κ3) is 4.12. The van der Waals surface area contributed by atoms with Crippen molar-refractivity contribution in [1.29, 1.82) is 0 Å². The molecule has 4 rings (SSSR count). The molecule has 4 heterocycles. The summed E-state index contributed by atoms with van der Waals surface area (Å²) in [5.41, 5.74) is 4.54. The molecule has 0 aromatic carbocycles. The second-order valence-electron chi connectivity index (χ2n) is 7.21. The fourth-order valence-electron chi connectivity index (χ4n) is 3.50. The topological polar surface area (TPSA) is 100 Å². The van der Waals surface area contributed by atoms with Crippen molar-refractivity contribution < 1.29 is 9.53 Å². The van der Waals surface area contributed by atoms with Crippen molar-refractivity contribution in [1.82, 2.24) is 19.9 Å². The van der Waals surface area contributed by atoms with Gasteiger partial charge < -0.3 is 15.0 Å². The summed E-state index contributed by atoms with van der Waals surface area (Å²) in [5.74, 6) is -0.442. The van der Waals surface area contributed by atoms with Crippen LogP contribution >= 0.6 is 0 Å². The molecule has 150 valence electrons. The van der Waals surface area contributed by atoms with E-state index in [2.05, 4.69) is 29.9 Å². The van der Waals surface area contributed by atoms with Crippen LogP contribution in [0, 0.1) is 0 Å². The van der Waals surface area contributed by atoms with E-state index in [9.17, 15) is 9.59 Å². The number of esters is 1. The van der Waals surface area contributed by atoms with Crippen LogP contribution in [-0.2, 0) is 17.7 Å². The number of nitrogens with one attached hydrogen (secondary N) is 2. The summed E-state index contributed by atoms with van der Waals surface area (Å²) < 4.78 is 4.65. The van der Waals surface area contributed by atoms with Crippen molar-refractivity contribution in [3.05, 3.63) is 63.8 Å². The quantitative estimate of drug-likeness (QED) is 0.618. The lowest BCUT2D eigenvalue weighted by Gasteiger charge is -2.40. The molecular weight excluding hydrogens is 370 g/mol. The van der Waals surface area contributed by atoms with Crippen LogP contribution in [0.5, 0.6) is 0 Å². The average Bonchev–Trinajstić information content (AvgIpc) is 2.71. The SMILES string of the molecule is CCc1cc2ncc(CN3CC(Nc4ccc(C(=O)OC)nc4)C3)cc2[nH]c1=O. The normalized spacial score (nSPS) is 14.6. The fourth-order valence-corrected chi connectivity index (χ4v) is 3.50. The Morgan fingerprint density at radius 2 is 2.10 bits per heavy atom. The summed E-state index contributed by atoms with van der Waals surface area (Å²) in [7, 11) is 1.34. The Morgan fingerprint density at radius 3 is 2.79 bits per heavy atom. The summed E-state index contributed by atoms with van der Waals surface area (Å²) in [6.07, 6.45) is 4.21. The predicted molar refractivity (Wildman–Crippen MR) is 110 cm³/mol. The van der Waals surface area contributed by atoms with Crippen LogP contribution in [0.3, 0.4) is 0 Å². The highest BCUT2D eigenvalue weighted by molar-refractivity contribution is 5.87. The molecule has 29 heavy (non-hydrogen) atoms. The Kier molecular flexibility index (Phi) is 5.26. The highest BCUT2D eigenvalue weighted by Gasteiger charge is 2.26. The first-order valence-corrected chi connectivity index (χ1v) is 9.60. The minimum atomic E-state index is -0.442. The van der Waals surface area contributed by atoms with E-state index in [0.29, 0.717) is 18.2 Å². The molecule has 0 bridgehead atoms. The first-order valence-electron chi connectivity index (χ1n) is 9.60. The number of likely N-dealkylation sites (tertiary alicyclic amines) is 1. The summed E-state index contributed by atoms with van der Waals surface area (Å²) in [6, 6.07) is 7.66. The number of pyridine rings is 3. The molecule has 1 aliphatic heterocycles. The Morgan fingerprint density at radius 1 is 1.28 bits per heavy atom. The Labute approximate surface area is 167 Å². The van der Waals surface area contributed by atoms with E-state index in [1.807, 2.05) is 31.3 Å². The van der Waals surface area contributed by atoms with Crippen molar-refractivity contribution in [3.63, 3.8) is 0 Å². The lowest BCUT2D eigenvalue weighted by atomic mass is 10.1. The van der Waals surface area contributed by atoms with Gasteiger partial charge in [0.2, 0.25) is 0 Å². The van der Waals surface area contributed by atoms with Gasteiger partial charge in [0.05, 0.1) is 36.1 Å². The second-order valence-corrected chi connectivity index (χ2v) is 7.21. The number of aromatic nitrogens is 3. The van der Waals surface area contributed by atoms with E-state index in [4.69, 9.17) is 0 Å². The van der Waals surface area contributed by atoms with Crippen molar-refractivity contribution in [3.8, 4) is 0 Å². The van der Waals surface area contributed by atoms with Gasteiger partial charge in [-0.25, -0.2) is 9.78 Å². The molecule has 0 unspecified atom stereocenters. The number of aromatic amines is 1. The zero-order valence-corrected chi connectivity index (χ0v) is 16.4. The average molecular weight is 393 g/mol. The van der Waals surface area contributed by atoms with Crippen LogP contribution in [0.15, 0.2) is 41.5 Å². The molecule has 1 aliphatic rings. The zero-order chi connectivity index (χ0) is 20.4. The van der Waals surface area contributed by atoms with Crippen LogP contribution in [0.1, 0.15) is 28.5 Å². The summed E-state index contributed by atoms with van der Waals surface area (Å²) >= 11 is 0. The largest absolute Gasteiger partial charge is 0.464 e. The molecule has 0 saturated carbocycles. The summed E-state index contributed by atoms with van der Waals surface area (Å²) in [6.45, 7) is 4.52.